The van der Waals surface area contributed by atoms with Crippen LogP contribution in [-0.4, -0.2) is 38.3 Å². The largest absolute Gasteiger partial charge is 0.444 e. The fourth-order valence-electron chi connectivity index (χ4n) is 2.85. The van der Waals surface area contributed by atoms with Gasteiger partial charge in [0.2, 0.25) is 0 Å². The maximum absolute atomic E-state index is 12.4. The van der Waals surface area contributed by atoms with Crippen molar-refractivity contribution in [1.29, 1.82) is 0 Å². The van der Waals surface area contributed by atoms with Crippen LogP contribution in [-0.2, 0) is 4.74 Å². The number of H-pyrrole nitrogens is 1. The molecule has 1 amide bonds. The lowest BCUT2D eigenvalue weighted by molar-refractivity contribution is 0.0221. The van der Waals surface area contributed by atoms with Crippen LogP contribution in [0.25, 0.3) is 11.3 Å². The normalized spacial score (nSPS) is 18.0. The molecule has 1 aliphatic rings. The Morgan fingerprint density at radius 2 is 2.21 bits per heavy atom. The van der Waals surface area contributed by atoms with Crippen LogP contribution in [0.5, 0.6) is 0 Å². The molecule has 24 heavy (non-hydrogen) atoms. The van der Waals surface area contributed by atoms with Crippen molar-refractivity contribution in [1.82, 2.24) is 20.1 Å². The third kappa shape index (κ3) is 3.77. The molecule has 0 radical (unpaired) electrons. The smallest absolute Gasteiger partial charge is 0.410 e. The number of pyridine rings is 1. The Morgan fingerprint density at radius 1 is 1.42 bits per heavy atom. The number of aromatic amines is 1. The van der Waals surface area contributed by atoms with Gasteiger partial charge in [-0.3, -0.25) is 10.00 Å². The van der Waals surface area contributed by atoms with E-state index in [1.165, 1.54) is 0 Å². The van der Waals surface area contributed by atoms with Crippen LogP contribution in [0.1, 0.15) is 45.3 Å². The first kappa shape index (κ1) is 17.0. The predicted octanol–water partition coefficient (Wildman–Crippen LogP) is 4.31. The Labute approximate surface area is 149 Å². The summed E-state index contributed by atoms with van der Waals surface area (Å²) in [6.07, 6.45) is 3.32. The molecule has 1 saturated heterocycles. The zero-order valence-corrected chi connectivity index (χ0v) is 15.6. The van der Waals surface area contributed by atoms with E-state index in [4.69, 9.17) is 4.74 Å². The molecule has 3 heterocycles. The number of likely N-dealkylation sites (tertiary alicyclic amines) is 1. The highest BCUT2D eigenvalue weighted by molar-refractivity contribution is 9.10. The van der Waals surface area contributed by atoms with Gasteiger partial charge < -0.3 is 4.74 Å². The number of carbonyl (C=O) groups is 1. The molecule has 0 bridgehead atoms. The molecule has 0 spiro atoms. The third-order valence-corrected chi connectivity index (χ3v) is 4.29. The molecule has 128 valence electrons. The van der Waals surface area contributed by atoms with E-state index in [2.05, 4.69) is 31.1 Å². The molecule has 0 aromatic carbocycles. The molecule has 1 fully saturated rings. The molecule has 2 aromatic rings. The molecule has 1 N–H and O–H groups in total. The summed E-state index contributed by atoms with van der Waals surface area (Å²) in [6.45, 7) is 6.34. The number of hydrogen-bond acceptors (Lipinski definition) is 4. The van der Waals surface area contributed by atoms with E-state index < -0.39 is 5.60 Å². The minimum absolute atomic E-state index is 0.0219. The number of amides is 1. The minimum Gasteiger partial charge on any atom is -0.444 e. The topological polar surface area (TPSA) is 71.1 Å². The fraction of sp³-hybridized carbons (Fsp3) is 0.471. The van der Waals surface area contributed by atoms with Crippen molar-refractivity contribution < 1.29 is 9.53 Å². The highest BCUT2D eigenvalue weighted by atomic mass is 79.9. The van der Waals surface area contributed by atoms with Gasteiger partial charge in [-0.05, 0) is 67.7 Å². The van der Waals surface area contributed by atoms with Gasteiger partial charge in [0.25, 0.3) is 0 Å². The number of aromatic nitrogens is 3. The highest BCUT2D eigenvalue weighted by Crippen LogP contribution is 2.33. The average Bonchev–Trinajstić information content (AvgIpc) is 3.14. The van der Waals surface area contributed by atoms with Crippen LogP contribution in [0, 0.1) is 0 Å². The van der Waals surface area contributed by atoms with Gasteiger partial charge in [-0.1, -0.05) is 0 Å². The Hall–Kier alpha value is -1.89. The molecule has 1 aliphatic heterocycles. The zero-order valence-electron chi connectivity index (χ0n) is 14.0. The highest BCUT2D eigenvalue weighted by Gasteiger charge is 2.34. The van der Waals surface area contributed by atoms with E-state index in [9.17, 15) is 4.79 Å². The first-order chi connectivity index (χ1) is 11.3. The van der Waals surface area contributed by atoms with Crippen molar-refractivity contribution in [3.63, 3.8) is 0 Å². The van der Waals surface area contributed by atoms with Crippen LogP contribution < -0.4 is 0 Å². The summed E-state index contributed by atoms with van der Waals surface area (Å²) in [5.41, 5.74) is 2.25. The van der Waals surface area contributed by atoms with Gasteiger partial charge in [-0.2, -0.15) is 5.10 Å². The van der Waals surface area contributed by atoms with Gasteiger partial charge in [-0.15, -0.1) is 0 Å². The van der Waals surface area contributed by atoms with Gasteiger partial charge in [0.1, 0.15) is 10.2 Å². The lowest BCUT2D eigenvalue weighted by Gasteiger charge is -2.28. The van der Waals surface area contributed by atoms with E-state index in [1.807, 2.05) is 39.0 Å². The predicted molar refractivity (Wildman–Crippen MR) is 94.4 cm³/mol. The van der Waals surface area contributed by atoms with Crippen molar-refractivity contribution in [3.05, 3.63) is 34.7 Å². The summed E-state index contributed by atoms with van der Waals surface area (Å²) in [5.74, 6) is 0. The summed E-state index contributed by atoms with van der Waals surface area (Å²) in [7, 11) is 0. The summed E-state index contributed by atoms with van der Waals surface area (Å²) < 4.78 is 6.28. The molecule has 1 unspecified atom stereocenters. The van der Waals surface area contributed by atoms with Crippen LogP contribution in [0.15, 0.2) is 29.0 Å². The molecule has 3 rings (SSSR count). The van der Waals surface area contributed by atoms with Crippen LogP contribution in [0.2, 0.25) is 0 Å². The van der Waals surface area contributed by atoms with E-state index in [-0.39, 0.29) is 12.1 Å². The molecular formula is C17H21BrN4O2. The number of nitrogens with zero attached hydrogens (tertiary/aromatic N) is 3. The van der Waals surface area contributed by atoms with Crippen molar-refractivity contribution in [2.75, 3.05) is 6.54 Å². The fourth-order valence-corrected chi connectivity index (χ4v) is 3.21. The van der Waals surface area contributed by atoms with Crippen molar-refractivity contribution in [2.45, 2.75) is 45.3 Å². The number of carbonyl (C=O) groups excluding carboxylic acids is 1. The lowest BCUT2D eigenvalue weighted by atomic mass is 10.1. The second kappa shape index (κ2) is 6.55. The van der Waals surface area contributed by atoms with Crippen LogP contribution in [0.3, 0.4) is 0 Å². The lowest BCUT2D eigenvalue weighted by Crippen LogP contribution is -2.36. The number of ether oxygens (including phenoxy) is 1. The van der Waals surface area contributed by atoms with Gasteiger partial charge in [0.15, 0.2) is 0 Å². The Balaban J connectivity index is 1.80. The van der Waals surface area contributed by atoms with Gasteiger partial charge in [-0.25, -0.2) is 9.78 Å². The maximum atomic E-state index is 12.4. The second-order valence-electron chi connectivity index (χ2n) is 6.91. The number of nitrogens with one attached hydrogen (secondary N) is 1. The molecule has 1 atom stereocenters. The van der Waals surface area contributed by atoms with E-state index in [0.717, 1.165) is 34.4 Å². The minimum atomic E-state index is -0.493. The summed E-state index contributed by atoms with van der Waals surface area (Å²) in [5, 5.41) is 7.47. The summed E-state index contributed by atoms with van der Waals surface area (Å²) in [6, 6.07) is 5.80. The second-order valence-corrected chi connectivity index (χ2v) is 7.72. The van der Waals surface area contributed by atoms with E-state index >= 15 is 0 Å². The first-order valence-corrected chi connectivity index (χ1v) is 8.80. The molecule has 0 saturated carbocycles. The Morgan fingerprint density at radius 3 is 2.92 bits per heavy atom. The van der Waals surface area contributed by atoms with Gasteiger partial charge in [0, 0.05) is 18.3 Å². The quantitative estimate of drug-likeness (QED) is 0.772. The number of rotatable bonds is 2. The molecule has 7 heteroatoms. The summed E-state index contributed by atoms with van der Waals surface area (Å²) >= 11 is 3.37. The van der Waals surface area contributed by atoms with E-state index in [0.29, 0.717) is 6.54 Å². The summed E-state index contributed by atoms with van der Waals surface area (Å²) in [4.78, 5) is 18.3. The molecular weight excluding hydrogens is 372 g/mol. The zero-order chi connectivity index (χ0) is 17.3. The SMILES string of the molecule is CC(C)(C)OC(=O)N1CCCC1c1cc(-c2ccnc(Br)c2)n[nH]1. The average molecular weight is 393 g/mol. The monoisotopic (exact) mass is 392 g/mol. The maximum Gasteiger partial charge on any atom is 0.410 e. The van der Waals surface area contributed by atoms with Gasteiger partial charge in [0.05, 0.1) is 17.4 Å². The van der Waals surface area contributed by atoms with E-state index in [1.54, 1.807) is 11.1 Å². The molecule has 0 aliphatic carbocycles. The first-order valence-electron chi connectivity index (χ1n) is 8.00. The number of hydrogen-bond donors (Lipinski definition) is 1. The molecule has 2 aromatic heterocycles. The van der Waals surface area contributed by atoms with Crippen molar-refractivity contribution in [2.24, 2.45) is 0 Å². The van der Waals surface area contributed by atoms with Crippen LogP contribution >= 0.6 is 15.9 Å². The third-order valence-electron chi connectivity index (χ3n) is 3.86. The van der Waals surface area contributed by atoms with Crippen molar-refractivity contribution >= 4 is 22.0 Å². The molecule has 6 nitrogen and oxygen atoms in total. The van der Waals surface area contributed by atoms with Crippen LogP contribution in [0.4, 0.5) is 4.79 Å². The Kier molecular flexibility index (Phi) is 4.62. The van der Waals surface area contributed by atoms with Gasteiger partial charge >= 0.3 is 6.09 Å². The number of halogens is 1. The van der Waals surface area contributed by atoms with Crippen molar-refractivity contribution in [3.8, 4) is 11.3 Å². The Bertz CT molecular complexity index is 738. The standard InChI is InChI=1S/C17H21BrN4O2/c1-17(2,3)24-16(23)22-8-4-5-14(22)13-10-12(20-21-13)11-6-7-19-15(18)9-11/h6-7,9-10,14H,4-5,8H2,1-3H3,(H,20,21).